The van der Waals surface area contributed by atoms with Crippen LogP contribution in [0.3, 0.4) is 0 Å². The topological polar surface area (TPSA) is 38.5 Å². The molecule has 0 spiro atoms. The maximum absolute atomic E-state index is 5.43. The third-order valence-corrected chi connectivity index (χ3v) is 2.53. The Balaban J connectivity index is 1.86. The highest BCUT2D eigenvalue weighted by Crippen LogP contribution is 2.03. The minimum atomic E-state index is 0.845. The predicted molar refractivity (Wildman–Crippen MR) is 54.8 cm³/mol. The first-order chi connectivity index (χ1) is 6.43. The van der Waals surface area contributed by atoms with Crippen molar-refractivity contribution in [2.24, 2.45) is 5.73 Å². The molecule has 0 amide bonds. The number of rotatable bonds is 6. The molecule has 3 nitrogen and oxygen atoms in total. The van der Waals surface area contributed by atoms with Crippen molar-refractivity contribution >= 4 is 0 Å². The largest absolute Gasteiger partial charge is 0.379 e. The normalized spacial score (nSPS) is 19.2. The van der Waals surface area contributed by atoms with E-state index in [1.54, 1.807) is 0 Å². The first kappa shape index (κ1) is 11.0. The van der Waals surface area contributed by atoms with Gasteiger partial charge in [-0.05, 0) is 25.9 Å². The van der Waals surface area contributed by atoms with E-state index in [1.807, 2.05) is 0 Å². The van der Waals surface area contributed by atoms with Crippen molar-refractivity contribution < 1.29 is 4.74 Å². The fourth-order valence-electron chi connectivity index (χ4n) is 1.66. The number of ether oxygens (including phenoxy) is 1. The summed E-state index contributed by atoms with van der Waals surface area (Å²) in [5.41, 5.74) is 5.43. The Kier molecular flexibility index (Phi) is 6.15. The Hall–Kier alpha value is -0.120. The van der Waals surface area contributed by atoms with Gasteiger partial charge in [0.25, 0.3) is 0 Å². The van der Waals surface area contributed by atoms with Crippen molar-refractivity contribution in [2.75, 3.05) is 39.4 Å². The maximum atomic E-state index is 5.43. The van der Waals surface area contributed by atoms with Crippen molar-refractivity contribution in [3.63, 3.8) is 0 Å². The highest BCUT2D eigenvalue weighted by Gasteiger charge is 2.08. The molecule has 0 saturated carbocycles. The van der Waals surface area contributed by atoms with Crippen molar-refractivity contribution in [3.8, 4) is 0 Å². The summed E-state index contributed by atoms with van der Waals surface area (Å²) in [6.45, 7) is 6.17. The van der Waals surface area contributed by atoms with Crippen molar-refractivity contribution in [3.05, 3.63) is 0 Å². The van der Waals surface area contributed by atoms with Crippen molar-refractivity contribution in [1.82, 2.24) is 4.90 Å². The van der Waals surface area contributed by atoms with Gasteiger partial charge in [-0.1, -0.05) is 12.8 Å². The molecular formula is C10H22N2O. The highest BCUT2D eigenvalue weighted by atomic mass is 16.5. The molecule has 13 heavy (non-hydrogen) atoms. The summed E-state index contributed by atoms with van der Waals surface area (Å²) in [6, 6.07) is 0. The SMILES string of the molecule is NCCCCCCN1CCOCC1. The van der Waals surface area contributed by atoms with Crippen LogP contribution in [0, 0.1) is 0 Å². The van der Waals surface area contributed by atoms with Crippen LogP contribution < -0.4 is 5.73 Å². The quantitative estimate of drug-likeness (QED) is 0.625. The summed E-state index contributed by atoms with van der Waals surface area (Å²) in [7, 11) is 0. The summed E-state index contributed by atoms with van der Waals surface area (Å²) in [5, 5.41) is 0. The molecule has 0 aromatic heterocycles. The van der Waals surface area contributed by atoms with E-state index in [2.05, 4.69) is 4.90 Å². The van der Waals surface area contributed by atoms with Crippen LogP contribution in [-0.2, 0) is 4.74 Å². The fourth-order valence-corrected chi connectivity index (χ4v) is 1.66. The van der Waals surface area contributed by atoms with Crippen LogP contribution in [0.1, 0.15) is 25.7 Å². The lowest BCUT2D eigenvalue weighted by atomic mass is 10.2. The zero-order valence-corrected chi connectivity index (χ0v) is 8.50. The molecule has 0 radical (unpaired) electrons. The van der Waals surface area contributed by atoms with E-state index >= 15 is 0 Å². The first-order valence-electron chi connectivity index (χ1n) is 5.43. The molecule has 2 N–H and O–H groups in total. The van der Waals surface area contributed by atoms with E-state index in [4.69, 9.17) is 10.5 Å². The fraction of sp³-hybridized carbons (Fsp3) is 1.00. The molecule has 0 aromatic carbocycles. The van der Waals surface area contributed by atoms with Crippen LogP contribution in [0.25, 0.3) is 0 Å². The Morgan fingerprint density at radius 2 is 1.69 bits per heavy atom. The van der Waals surface area contributed by atoms with Gasteiger partial charge in [0.2, 0.25) is 0 Å². The lowest BCUT2D eigenvalue weighted by Gasteiger charge is -2.26. The van der Waals surface area contributed by atoms with Crippen LogP contribution in [-0.4, -0.2) is 44.3 Å². The second-order valence-electron chi connectivity index (χ2n) is 3.66. The average Bonchev–Trinajstić information content (AvgIpc) is 2.19. The second-order valence-corrected chi connectivity index (χ2v) is 3.66. The molecule has 1 rings (SSSR count). The van der Waals surface area contributed by atoms with Crippen molar-refractivity contribution in [2.45, 2.75) is 25.7 Å². The monoisotopic (exact) mass is 186 g/mol. The van der Waals surface area contributed by atoms with Gasteiger partial charge in [0, 0.05) is 13.1 Å². The molecule has 0 aromatic rings. The molecule has 1 aliphatic rings. The molecule has 0 atom stereocenters. The molecule has 1 aliphatic heterocycles. The van der Waals surface area contributed by atoms with Crippen LogP contribution in [0.15, 0.2) is 0 Å². The lowest BCUT2D eigenvalue weighted by molar-refractivity contribution is 0.0371. The van der Waals surface area contributed by atoms with Gasteiger partial charge in [-0.15, -0.1) is 0 Å². The summed E-state index contributed by atoms with van der Waals surface area (Å²) in [5.74, 6) is 0. The smallest absolute Gasteiger partial charge is 0.0594 e. The van der Waals surface area contributed by atoms with Gasteiger partial charge >= 0.3 is 0 Å². The standard InChI is InChI=1S/C10H22N2O/c11-5-3-1-2-4-6-12-7-9-13-10-8-12/h1-11H2. The summed E-state index contributed by atoms with van der Waals surface area (Å²) in [4.78, 5) is 2.49. The summed E-state index contributed by atoms with van der Waals surface area (Å²) >= 11 is 0. The van der Waals surface area contributed by atoms with Gasteiger partial charge in [-0.3, -0.25) is 4.90 Å². The highest BCUT2D eigenvalue weighted by molar-refractivity contribution is 4.61. The lowest BCUT2D eigenvalue weighted by Crippen LogP contribution is -2.36. The van der Waals surface area contributed by atoms with E-state index in [0.717, 1.165) is 32.8 Å². The predicted octanol–water partition coefficient (Wildman–Crippen LogP) is 0.838. The number of hydrogen-bond donors (Lipinski definition) is 1. The van der Waals surface area contributed by atoms with Crippen LogP contribution in [0.4, 0.5) is 0 Å². The van der Waals surface area contributed by atoms with E-state index in [1.165, 1.54) is 32.2 Å². The Morgan fingerprint density at radius 1 is 1.00 bits per heavy atom. The van der Waals surface area contributed by atoms with E-state index in [-0.39, 0.29) is 0 Å². The van der Waals surface area contributed by atoms with Crippen LogP contribution >= 0.6 is 0 Å². The summed E-state index contributed by atoms with van der Waals surface area (Å²) in [6.07, 6.45) is 5.12. The van der Waals surface area contributed by atoms with Crippen LogP contribution in [0.5, 0.6) is 0 Å². The number of unbranched alkanes of at least 4 members (excludes halogenated alkanes) is 3. The third-order valence-electron chi connectivity index (χ3n) is 2.53. The number of nitrogens with two attached hydrogens (primary N) is 1. The van der Waals surface area contributed by atoms with Gasteiger partial charge in [-0.2, -0.15) is 0 Å². The molecule has 0 bridgehead atoms. The van der Waals surface area contributed by atoms with Gasteiger partial charge in [-0.25, -0.2) is 0 Å². The number of nitrogens with zero attached hydrogens (tertiary/aromatic N) is 1. The van der Waals surface area contributed by atoms with E-state index < -0.39 is 0 Å². The summed E-state index contributed by atoms with van der Waals surface area (Å²) < 4.78 is 5.29. The zero-order valence-electron chi connectivity index (χ0n) is 8.50. The molecule has 1 saturated heterocycles. The third kappa shape index (κ3) is 5.24. The Labute approximate surface area is 81.2 Å². The van der Waals surface area contributed by atoms with Crippen molar-refractivity contribution in [1.29, 1.82) is 0 Å². The minimum absolute atomic E-state index is 0.845. The number of morpholine rings is 1. The second kappa shape index (κ2) is 7.30. The average molecular weight is 186 g/mol. The van der Waals surface area contributed by atoms with Gasteiger partial charge in [0.05, 0.1) is 13.2 Å². The minimum Gasteiger partial charge on any atom is -0.379 e. The van der Waals surface area contributed by atoms with E-state index in [9.17, 15) is 0 Å². The zero-order chi connectivity index (χ0) is 9.36. The molecule has 3 heteroatoms. The number of hydrogen-bond acceptors (Lipinski definition) is 3. The molecule has 1 fully saturated rings. The molecular weight excluding hydrogens is 164 g/mol. The molecule has 1 heterocycles. The molecule has 0 aliphatic carbocycles. The Bertz CT molecular complexity index is 113. The molecule has 78 valence electrons. The van der Waals surface area contributed by atoms with Gasteiger partial charge < -0.3 is 10.5 Å². The van der Waals surface area contributed by atoms with Crippen LogP contribution in [0.2, 0.25) is 0 Å². The molecule has 0 unspecified atom stereocenters. The Morgan fingerprint density at radius 3 is 2.38 bits per heavy atom. The maximum Gasteiger partial charge on any atom is 0.0594 e. The first-order valence-corrected chi connectivity index (χ1v) is 5.43. The van der Waals surface area contributed by atoms with Gasteiger partial charge in [0.1, 0.15) is 0 Å². The van der Waals surface area contributed by atoms with E-state index in [0.29, 0.717) is 0 Å². The van der Waals surface area contributed by atoms with Gasteiger partial charge in [0.15, 0.2) is 0 Å².